The summed E-state index contributed by atoms with van der Waals surface area (Å²) in [5.41, 5.74) is 5.28. The van der Waals surface area contributed by atoms with Crippen molar-refractivity contribution in [2.24, 2.45) is 0 Å². The quantitative estimate of drug-likeness (QED) is 0.253. The zero-order valence-corrected chi connectivity index (χ0v) is 23.6. The van der Waals surface area contributed by atoms with Crippen LogP contribution in [0.5, 0.6) is 0 Å². The van der Waals surface area contributed by atoms with Crippen molar-refractivity contribution in [1.82, 2.24) is 25.0 Å². The standard InChI is InChI=1S/C32H33FN6O3/c1-4-21-8-6-9-25(14-21)36-31(41)29-26-19-38(32(42)27-10-7-13-34-27)17-20(3)30(26)39(37-29)18-22-11-12-24(33)15-23(22)16-35-28(40)5-2/h5-15,20,34H,2,4,16-19H2,1,3H3,(H,35,40)(H,36,41)/t20-/m1/s1. The summed E-state index contributed by atoms with van der Waals surface area (Å²) < 4.78 is 15.9. The minimum absolute atomic E-state index is 0.108. The minimum Gasteiger partial charge on any atom is -0.357 e. The molecule has 3 amide bonds. The van der Waals surface area contributed by atoms with Gasteiger partial charge in [-0.05, 0) is 65.6 Å². The van der Waals surface area contributed by atoms with E-state index < -0.39 is 5.82 Å². The Kier molecular flexibility index (Phi) is 8.33. The van der Waals surface area contributed by atoms with Gasteiger partial charge in [-0.25, -0.2) is 4.39 Å². The lowest BCUT2D eigenvalue weighted by atomic mass is 9.95. The molecule has 0 saturated heterocycles. The van der Waals surface area contributed by atoms with Gasteiger partial charge < -0.3 is 20.5 Å². The number of hydrogen-bond acceptors (Lipinski definition) is 4. The first kappa shape index (κ1) is 28.5. The van der Waals surface area contributed by atoms with Crippen molar-refractivity contribution >= 4 is 23.4 Å². The van der Waals surface area contributed by atoms with E-state index in [0.29, 0.717) is 29.1 Å². The molecule has 0 aliphatic carbocycles. The summed E-state index contributed by atoms with van der Waals surface area (Å²) >= 11 is 0. The molecule has 10 heteroatoms. The number of aryl methyl sites for hydroxylation is 1. The highest BCUT2D eigenvalue weighted by Crippen LogP contribution is 2.33. The van der Waals surface area contributed by atoms with E-state index >= 15 is 0 Å². The Bertz CT molecular complexity index is 1640. The molecule has 0 bridgehead atoms. The van der Waals surface area contributed by atoms with Gasteiger partial charge in [0, 0.05) is 42.1 Å². The number of aromatic nitrogens is 3. The first-order valence-corrected chi connectivity index (χ1v) is 13.9. The molecule has 9 nitrogen and oxygen atoms in total. The van der Waals surface area contributed by atoms with Crippen LogP contribution in [-0.2, 0) is 30.8 Å². The number of nitrogens with one attached hydrogen (secondary N) is 3. The summed E-state index contributed by atoms with van der Waals surface area (Å²) in [5.74, 6) is -1.48. The highest BCUT2D eigenvalue weighted by Gasteiger charge is 2.35. The zero-order valence-electron chi connectivity index (χ0n) is 23.6. The molecule has 1 atom stereocenters. The van der Waals surface area contributed by atoms with Crippen LogP contribution in [0, 0.1) is 5.82 Å². The van der Waals surface area contributed by atoms with E-state index in [1.165, 1.54) is 12.1 Å². The molecule has 0 spiro atoms. The first-order valence-electron chi connectivity index (χ1n) is 13.9. The summed E-state index contributed by atoms with van der Waals surface area (Å²) in [4.78, 5) is 43.4. The Balaban J connectivity index is 1.52. The second-order valence-corrected chi connectivity index (χ2v) is 10.4. The van der Waals surface area contributed by atoms with E-state index in [1.807, 2.05) is 38.1 Å². The van der Waals surface area contributed by atoms with E-state index in [0.717, 1.165) is 29.3 Å². The molecule has 42 heavy (non-hydrogen) atoms. The Labute approximate surface area is 243 Å². The fourth-order valence-corrected chi connectivity index (χ4v) is 5.37. The lowest BCUT2D eigenvalue weighted by Gasteiger charge is -2.32. The molecular formula is C32H33FN6O3. The van der Waals surface area contributed by atoms with Crippen LogP contribution in [0.15, 0.2) is 73.4 Å². The van der Waals surface area contributed by atoms with E-state index in [9.17, 15) is 18.8 Å². The number of nitrogens with zero attached hydrogens (tertiary/aromatic N) is 3. The lowest BCUT2D eigenvalue weighted by molar-refractivity contribution is -0.116. The third kappa shape index (κ3) is 6.02. The molecule has 0 radical (unpaired) electrons. The lowest BCUT2D eigenvalue weighted by Crippen LogP contribution is -2.38. The fourth-order valence-electron chi connectivity index (χ4n) is 5.37. The summed E-state index contributed by atoms with van der Waals surface area (Å²) in [6, 6.07) is 15.5. The first-order chi connectivity index (χ1) is 20.3. The summed E-state index contributed by atoms with van der Waals surface area (Å²) in [6.45, 7) is 8.50. The molecule has 2 aromatic heterocycles. The van der Waals surface area contributed by atoms with Crippen molar-refractivity contribution in [2.75, 3.05) is 11.9 Å². The number of carbonyl (C=O) groups excluding carboxylic acids is 3. The maximum absolute atomic E-state index is 14.2. The molecule has 5 rings (SSSR count). The van der Waals surface area contributed by atoms with Crippen LogP contribution in [0.1, 0.15) is 68.7 Å². The molecule has 0 fully saturated rings. The third-order valence-electron chi connectivity index (χ3n) is 7.45. The maximum atomic E-state index is 14.2. The van der Waals surface area contributed by atoms with Gasteiger partial charge in [-0.15, -0.1) is 0 Å². The second-order valence-electron chi connectivity index (χ2n) is 10.4. The Morgan fingerprint density at radius 1 is 1.14 bits per heavy atom. The van der Waals surface area contributed by atoms with Gasteiger partial charge in [0.15, 0.2) is 5.69 Å². The van der Waals surface area contributed by atoms with Crippen LogP contribution < -0.4 is 10.6 Å². The van der Waals surface area contributed by atoms with Gasteiger partial charge >= 0.3 is 0 Å². The van der Waals surface area contributed by atoms with E-state index in [-0.39, 0.29) is 49.0 Å². The van der Waals surface area contributed by atoms with E-state index in [1.54, 1.807) is 34.0 Å². The van der Waals surface area contributed by atoms with Crippen LogP contribution in [0.3, 0.4) is 0 Å². The molecule has 1 aliphatic heterocycles. The smallest absolute Gasteiger partial charge is 0.276 e. The summed E-state index contributed by atoms with van der Waals surface area (Å²) in [5, 5.41) is 10.4. The maximum Gasteiger partial charge on any atom is 0.276 e. The summed E-state index contributed by atoms with van der Waals surface area (Å²) in [7, 11) is 0. The molecule has 3 heterocycles. The molecule has 2 aromatic carbocycles. The van der Waals surface area contributed by atoms with Crippen LogP contribution in [-0.4, -0.2) is 43.9 Å². The van der Waals surface area contributed by atoms with Gasteiger partial charge in [0.1, 0.15) is 11.5 Å². The predicted molar refractivity (Wildman–Crippen MR) is 157 cm³/mol. The van der Waals surface area contributed by atoms with Crippen LogP contribution in [0.2, 0.25) is 0 Å². The van der Waals surface area contributed by atoms with Crippen LogP contribution in [0.4, 0.5) is 10.1 Å². The number of H-pyrrole nitrogens is 1. The number of anilines is 1. The van der Waals surface area contributed by atoms with Crippen LogP contribution in [0.25, 0.3) is 0 Å². The Morgan fingerprint density at radius 2 is 1.98 bits per heavy atom. The number of carbonyl (C=O) groups is 3. The molecule has 0 saturated carbocycles. The van der Waals surface area contributed by atoms with Crippen molar-refractivity contribution in [3.8, 4) is 0 Å². The average molecular weight is 569 g/mol. The van der Waals surface area contributed by atoms with Crippen molar-refractivity contribution < 1.29 is 18.8 Å². The monoisotopic (exact) mass is 568 g/mol. The van der Waals surface area contributed by atoms with Gasteiger partial charge in [0.05, 0.1) is 13.1 Å². The molecule has 3 N–H and O–H groups in total. The van der Waals surface area contributed by atoms with E-state index in [2.05, 4.69) is 22.2 Å². The largest absolute Gasteiger partial charge is 0.357 e. The topological polar surface area (TPSA) is 112 Å². The zero-order chi connectivity index (χ0) is 29.8. The minimum atomic E-state index is -0.426. The SMILES string of the molecule is C=CC(=O)NCc1cc(F)ccc1Cn1nc(C(=O)Nc2cccc(CC)c2)c2c1[C@H](C)CN(C(=O)c1ccc[nH]1)C2. The third-order valence-corrected chi connectivity index (χ3v) is 7.45. The van der Waals surface area contributed by atoms with Crippen molar-refractivity contribution in [3.63, 3.8) is 0 Å². The number of fused-ring (bicyclic) bond motifs is 1. The van der Waals surface area contributed by atoms with Gasteiger partial charge in [0.2, 0.25) is 5.91 Å². The highest BCUT2D eigenvalue weighted by molar-refractivity contribution is 6.04. The van der Waals surface area contributed by atoms with Gasteiger partial charge in [0.25, 0.3) is 11.8 Å². The highest BCUT2D eigenvalue weighted by atomic mass is 19.1. The molecular weight excluding hydrogens is 535 g/mol. The number of hydrogen-bond donors (Lipinski definition) is 3. The average Bonchev–Trinajstić information content (AvgIpc) is 3.66. The number of amides is 3. The second kappa shape index (κ2) is 12.3. The molecule has 4 aromatic rings. The normalized spacial score (nSPS) is 14.3. The Morgan fingerprint density at radius 3 is 2.71 bits per heavy atom. The number of rotatable bonds is 9. The molecule has 0 unspecified atom stereocenters. The predicted octanol–water partition coefficient (Wildman–Crippen LogP) is 4.78. The number of benzene rings is 2. The molecule has 1 aliphatic rings. The van der Waals surface area contributed by atoms with Crippen molar-refractivity contribution in [2.45, 2.75) is 45.8 Å². The van der Waals surface area contributed by atoms with Gasteiger partial charge in [-0.1, -0.05) is 38.6 Å². The number of halogens is 1. The van der Waals surface area contributed by atoms with Crippen LogP contribution >= 0.6 is 0 Å². The Hall–Kier alpha value is -4.99. The number of aromatic amines is 1. The van der Waals surface area contributed by atoms with Crippen molar-refractivity contribution in [3.05, 3.63) is 119 Å². The van der Waals surface area contributed by atoms with Gasteiger partial charge in [-0.3, -0.25) is 19.1 Å². The van der Waals surface area contributed by atoms with E-state index in [4.69, 9.17) is 5.10 Å². The van der Waals surface area contributed by atoms with Gasteiger partial charge in [-0.2, -0.15) is 5.10 Å². The van der Waals surface area contributed by atoms with Crippen molar-refractivity contribution in [1.29, 1.82) is 0 Å². The molecule has 216 valence electrons. The fraction of sp³-hybridized carbons (Fsp3) is 0.250. The summed E-state index contributed by atoms with van der Waals surface area (Å²) in [6.07, 6.45) is 3.69.